The van der Waals surface area contributed by atoms with Crippen molar-refractivity contribution in [2.24, 2.45) is 5.73 Å². The highest BCUT2D eigenvalue weighted by Crippen LogP contribution is 2.24. The Kier molecular flexibility index (Phi) is 4.01. The number of carbonyl (C=O) groups excluding carboxylic acids is 1. The molecule has 0 saturated heterocycles. The lowest BCUT2D eigenvalue weighted by Gasteiger charge is -2.28. The Bertz CT molecular complexity index is 549. The van der Waals surface area contributed by atoms with Crippen molar-refractivity contribution in [2.75, 3.05) is 6.54 Å². The van der Waals surface area contributed by atoms with Gasteiger partial charge in [0.25, 0.3) is 0 Å². The molecule has 0 bridgehead atoms. The molecule has 0 aliphatic rings. The minimum Gasteiger partial charge on any atom is -0.368 e. The zero-order valence-electron chi connectivity index (χ0n) is 11.1. The molecule has 5 nitrogen and oxygen atoms in total. The highest BCUT2D eigenvalue weighted by Gasteiger charge is 2.31. The summed E-state index contributed by atoms with van der Waals surface area (Å²) in [5, 5.41) is 5.16. The fourth-order valence-corrected chi connectivity index (χ4v) is 2.76. The molecule has 2 aromatic rings. The van der Waals surface area contributed by atoms with E-state index in [1.165, 1.54) is 0 Å². The maximum absolute atomic E-state index is 11.7. The zero-order chi connectivity index (χ0) is 13.9. The van der Waals surface area contributed by atoms with Crippen LogP contribution >= 0.6 is 11.3 Å². The Morgan fingerprint density at radius 1 is 1.63 bits per heavy atom. The summed E-state index contributed by atoms with van der Waals surface area (Å²) in [5.74, 6) is 0.501. The number of nitrogens with zero attached hydrogens (tertiary/aromatic N) is 2. The first-order chi connectivity index (χ1) is 9.07. The summed E-state index contributed by atoms with van der Waals surface area (Å²) in [5.41, 5.74) is 4.73. The first-order valence-electron chi connectivity index (χ1n) is 6.17. The number of amides is 1. The molecule has 1 atom stereocenters. The van der Waals surface area contributed by atoms with Crippen molar-refractivity contribution < 1.29 is 4.79 Å². The van der Waals surface area contributed by atoms with Crippen LogP contribution in [0.15, 0.2) is 29.9 Å². The number of likely N-dealkylation sites (N-methyl/N-ethyl adjacent to an activating group) is 1. The molecule has 0 fully saturated rings. The van der Waals surface area contributed by atoms with Gasteiger partial charge in [0.05, 0.1) is 11.4 Å². The predicted molar refractivity (Wildman–Crippen MR) is 76.8 cm³/mol. The van der Waals surface area contributed by atoms with E-state index < -0.39 is 5.54 Å². The lowest BCUT2D eigenvalue weighted by atomic mass is 10.0. The number of rotatable bonds is 6. The summed E-state index contributed by atoms with van der Waals surface area (Å²) in [4.78, 5) is 17.1. The number of carbonyl (C=O) groups is 1. The summed E-state index contributed by atoms with van der Waals surface area (Å²) in [6.45, 7) is 4.91. The van der Waals surface area contributed by atoms with Gasteiger partial charge in [-0.25, -0.2) is 4.98 Å². The lowest BCUT2D eigenvalue weighted by molar-refractivity contribution is -0.124. The molecule has 2 aromatic heterocycles. The van der Waals surface area contributed by atoms with Crippen LogP contribution in [0.1, 0.15) is 13.8 Å². The first-order valence-corrected chi connectivity index (χ1v) is 7.05. The summed E-state index contributed by atoms with van der Waals surface area (Å²) in [6.07, 6.45) is 3.61. The molecular formula is C13H18N4OS. The van der Waals surface area contributed by atoms with Gasteiger partial charge in [0.15, 0.2) is 0 Å². The molecule has 6 heteroatoms. The predicted octanol–water partition coefficient (Wildman–Crippen LogP) is 1.47. The molecule has 1 amide bonds. The normalized spacial score (nSPS) is 14.2. The van der Waals surface area contributed by atoms with Gasteiger partial charge in [-0.2, -0.15) is 0 Å². The van der Waals surface area contributed by atoms with Crippen LogP contribution in [0.3, 0.4) is 0 Å². The number of thiophene rings is 1. The van der Waals surface area contributed by atoms with E-state index in [4.69, 9.17) is 5.73 Å². The number of imidazole rings is 1. The van der Waals surface area contributed by atoms with Crippen molar-refractivity contribution in [1.29, 1.82) is 0 Å². The molecule has 0 aliphatic carbocycles. The smallest absolute Gasteiger partial charge is 0.239 e. The number of primary amides is 1. The van der Waals surface area contributed by atoms with E-state index in [9.17, 15) is 4.79 Å². The van der Waals surface area contributed by atoms with Crippen LogP contribution in [0.5, 0.6) is 0 Å². The van der Waals surface area contributed by atoms with Crippen LogP contribution in [0.2, 0.25) is 0 Å². The minimum atomic E-state index is -0.776. The van der Waals surface area contributed by atoms with Crippen LogP contribution in [0.4, 0.5) is 0 Å². The van der Waals surface area contributed by atoms with Gasteiger partial charge in [0.2, 0.25) is 5.91 Å². The monoisotopic (exact) mass is 278 g/mol. The summed E-state index contributed by atoms with van der Waals surface area (Å²) in [7, 11) is 0. The molecule has 19 heavy (non-hydrogen) atoms. The Morgan fingerprint density at radius 2 is 2.42 bits per heavy atom. The standard InChI is InChI=1S/C13H18N4OS/c1-3-16-13(2,12(14)18)9-17-7-6-15-11(17)10-5-4-8-19-10/h4-8,16H,3,9H2,1-2H3,(H2,14,18). The van der Waals surface area contributed by atoms with Gasteiger partial charge < -0.3 is 15.6 Å². The molecule has 0 aliphatic heterocycles. The highest BCUT2D eigenvalue weighted by atomic mass is 32.1. The number of hydrogen-bond acceptors (Lipinski definition) is 4. The van der Waals surface area contributed by atoms with E-state index >= 15 is 0 Å². The molecule has 2 rings (SSSR count). The number of aromatic nitrogens is 2. The van der Waals surface area contributed by atoms with E-state index in [1.807, 2.05) is 42.1 Å². The van der Waals surface area contributed by atoms with Crippen LogP contribution in [-0.4, -0.2) is 27.5 Å². The average molecular weight is 278 g/mol. The van der Waals surface area contributed by atoms with E-state index in [1.54, 1.807) is 17.5 Å². The fourth-order valence-electron chi connectivity index (χ4n) is 2.02. The number of nitrogens with two attached hydrogens (primary N) is 1. The molecule has 102 valence electrons. The van der Waals surface area contributed by atoms with Gasteiger partial charge in [-0.3, -0.25) is 4.79 Å². The van der Waals surface area contributed by atoms with Gasteiger partial charge in [-0.15, -0.1) is 11.3 Å². The topological polar surface area (TPSA) is 72.9 Å². The third kappa shape index (κ3) is 2.85. The van der Waals surface area contributed by atoms with Crippen molar-refractivity contribution in [3.63, 3.8) is 0 Å². The Hall–Kier alpha value is -1.66. The summed E-state index contributed by atoms with van der Waals surface area (Å²) < 4.78 is 1.96. The fraction of sp³-hybridized carbons (Fsp3) is 0.385. The van der Waals surface area contributed by atoms with Gasteiger partial charge in [0, 0.05) is 12.4 Å². The number of hydrogen-bond donors (Lipinski definition) is 2. The van der Waals surface area contributed by atoms with Crippen molar-refractivity contribution in [2.45, 2.75) is 25.9 Å². The van der Waals surface area contributed by atoms with Crippen molar-refractivity contribution >= 4 is 17.2 Å². The molecule has 3 N–H and O–H groups in total. The minimum absolute atomic E-state index is 0.361. The van der Waals surface area contributed by atoms with Crippen molar-refractivity contribution in [3.05, 3.63) is 29.9 Å². The van der Waals surface area contributed by atoms with Gasteiger partial charge in [0.1, 0.15) is 11.4 Å². The molecule has 2 heterocycles. The first kappa shape index (κ1) is 13.8. The van der Waals surface area contributed by atoms with E-state index in [-0.39, 0.29) is 5.91 Å². The maximum Gasteiger partial charge on any atom is 0.239 e. The number of nitrogens with one attached hydrogen (secondary N) is 1. The average Bonchev–Trinajstić information content (AvgIpc) is 2.98. The second-order valence-corrected chi connectivity index (χ2v) is 5.53. The second kappa shape index (κ2) is 5.54. The Morgan fingerprint density at radius 3 is 3.00 bits per heavy atom. The van der Waals surface area contributed by atoms with Crippen molar-refractivity contribution in [3.8, 4) is 10.7 Å². The zero-order valence-corrected chi connectivity index (χ0v) is 11.9. The third-order valence-electron chi connectivity index (χ3n) is 3.05. The van der Waals surface area contributed by atoms with E-state index in [0.717, 1.165) is 10.7 Å². The second-order valence-electron chi connectivity index (χ2n) is 4.58. The highest BCUT2D eigenvalue weighted by molar-refractivity contribution is 7.13. The lowest BCUT2D eigenvalue weighted by Crippen LogP contribution is -2.55. The summed E-state index contributed by atoms with van der Waals surface area (Å²) >= 11 is 1.62. The van der Waals surface area contributed by atoms with E-state index in [0.29, 0.717) is 13.1 Å². The maximum atomic E-state index is 11.7. The van der Waals surface area contributed by atoms with E-state index in [2.05, 4.69) is 10.3 Å². The molecular weight excluding hydrogens is 260 g/mol. The van der Waals surface area contributed by atoms with Gasteiger partial charge in [-0.05, 0) is 24.9 Å². The Balaban J connectivity index is 2.28. The molecule has 1 unspecified atom stereocenters. The van der Waals surface area contributed by atoms with Gasteiger partial charge >= 0.3 is 0 Å². The molecule has 0 saturated carbocycles. The van der Waals surface area contributed by atoms with Gasteiger partial charge in [-0.1, -0.05) is 13.0 Å². The molecule has 0 spiro atoms. The largest absolute Gasteiger partial charge is 0.368 e. The van der Waals surface area contributed by atoms with Crippen molar-refractivity contribution in [1.82, 2.24) is 14.9 Å². The van der Waals surface area contributed by atoms with Crippen LogP contribution in [0.25, 0.3) is 10.7 Å². The third-order valence-corrected chi connectivity index (χ3v) is 3.92. The SMILES string of the molecule is CCNC(C)(Cn1ccnc1-c1cccs1)C(N)=O. The molecule has 0 radical (unpaired) electrons. The summed E-state index contributed by atoms with van der Waals surface area (Å²) in [6, 6.07) is 3.99. The van der Waals surface area contributed by atoms with Crippen LogP contribution in [0, 0.1) is 0 Å². The quantitative estimate of drug-likeness (QED) is 0.840. The van der Waals surface area contributed by atoms with Crippen LogP contribution in [-0.2, 0) is 11.3 Å². The molecule has 0 aromatic carbocycles. The van der Waals surface area contributed by atoms with Crippen LogP contribution < -0.4 is 11.1 Å². The Labute approximate surface area is 116 Å².